The molecule has 0 aliphatic carbocycles. The van der Waals surface area contributed by atoms with E-state index in [1.165, 1.54) is 0 Å². The summed E-state index contributed by atoms with van der Waals surface area (Å²) in [7, 11) is 1.74. The number of aryl methyl sites for hydroxylation is 3. The van der Waals surface area contributed by atoms with Gasteiger partial charge in [0.05, 0.1) is 24.4 Å². The molecule has 6 nitrogen and oxygen atoms in total. The monoisotopic (exact) mass is 288 g/mol. The van der Waals surface area contributed by atoms with E-state index in [0.717, 1.165) is 11.3 Å². The van der Waals surface area contributed by atoms with E-state index in [1.807, 2.05) is 31.2 Å². The first-order valence-corrected chi connectivity index (χ1v) is 6.75. The van der Waals surface area contributed by atoms with Crippen LogP contribution >= 0.6 is 0 Å². The van der Waals surface area contributed by atoms with Crippen molar-refractivity contribution in [3.8, 4) is 5.75 Å². The highest BCUT2D eigenvalue weighted by Crippen LogP contribution is 2.21. The van der Waals surface area contributed by atoms with E-state index >= 15 is 0 Å². The van der Waals surface area contributed by atoms with Crippen LogP contribution in [0.3, 0.4) is 0 Å². The van der Waals surface area contributed by atoms with E-state index in [4.69, 9.17) is 10.5 Å². The van der Waals surface area contributed by atoms with Crippen LogP contribution in [-0.2, 0) is 11.8 Å². The van der Waals surface area contributed by atoms with Gasteiger partial charge in [-0.25, -0.2) is 0 Å². The maximum atomic E-state index is 11.9. The molecule has 0 unspecified atom stereocenters. The standard InChI is InChI=1S/C15H20N4O2/c1-10-5-4-6-12(9-10)21-8-7-13(20)17-15-14(16)11(2)18-19(15)3/h4-6,9H,7-8,16H2,1-3H3,(H,17,20). The SMILES string of the molecule is Cc1cccc(OCCC(=O)Nc2c(N)c(C)nn2C)c1. The third-order valence-electron chi connectivity index (χ3n) is 3.11. The minimum Gasteiger partial charge on any atom is -0.493 e. The topological polar surface area (TPSA) is 82.2 Å². The lowest BCUT2D eigenvalue weighted by Gasteiger charge is -2.08. The van der Waals surface area contributed by atoms with E-state index in [1.54, 1.807) is 18.7 Å². The van der Waals surface area contributed by atoms with Gasteiger partial charge < -0.3 is 15.8 Å². The maximum absolute atomic E-state index is 11.9. The molecule has 1 amide bonds. The normalized spacial score (nSPS) is 10.4. The van der Waals surface area contributed by atoms with Gasteiger partial charge in [0, 0.05) is 7.05 Å². The summed E-state index contributed by atoms with van der Waals surface area (Å²) in [5.41, 5.74) is 8.17. The Hall–Kier alpha value is -2.50. The van der Waals surface area contributed by atoms with Crippen LogP contribution in [0, 0.1) is 13.8 Å². The van der Waals surface area contributed by atoms with Gasteiger partial charge in [-0.1, -0.05) is 12.1 Å². The number of hydrogen-bond acceptors (Lipinski definition) is 4. The molecule has 112 valence electrons. The zero-order chi connectivity index (χ0) is 15.4. The fourth-order valence-electron chi connectivity index (χ4n) is 1.98. The average molecular weight is 288 g/mol. The van der Waals surface area contributed by atoms with E-state index in [0.29, 0.717) is 23.8 Å². The Kier molecular flexibility index (Phi) is 4.47. The minimum absolute atomic E-state index is 0.155. The number of carbonyl (C=O) groups is 1. The molecule has 3 N–H and O–H groups in total. The number of ether oxygens (including phenoxy) is 1. The fraction of sp³-hybridized carbons (Fsp3) is 0.333. The minimum atomic E-state index is -0.155. The third-order valence-corrected chi connectivity index (χ3v) is 3.11. The fourth-order valence-corrected chi connectivity index (χ4v) is 1.98. The molecule has 0 radical (unpaired) electrons. The van der Waals surface area contributed by atoms with Crippen molar-refractivity contribution in [3.05, 3.63) is 35.5 Å². The van der Waals surface area contributed by atoms with Crippen molar-refractivity contribution < 1.29 is 9.53 Å². The Bertz CT molecular complexity index is 649. The van der Waals surface area contributed by atoms with E-state index in [-0.39, 0.29) is 12.3 Å². The molecule has 0 atom stereocenters. The molecular weight excluding hydrogens is 268 g/mol. The zero-order valence-electron chi connectivity index (χ0n) is 12.5. The van der Waals surface area contributed by atoms with Gasteiger partial charge >= 0.3 is 0 Å². The second kappa shape index (κ2) is 6.30. The molecule has 0 bridgehead atoms. The highest BCUT2D eigenvalue weighted by atomic mass is 16.5. The number of nitrogens with zero attached hydrogens (tertiary/aromatic N) is 2. The van der Waals surface area contributed by atoms with Crippen LogP contribution in [0.1, 0.15) is 17.7 Å². The van der Waals surface area contributed by atoms with Crippen molar-refractivity contribution in [1.82, 2.24) is 9.78 Å². The summed E-state index contributed by atoms with van der Waals surface area (Å²) in [6, 6.07) is 7.71. The van der Waals surface area contributed by atoms with Crippen LogP contribution in [0.15, 0.2) is 24.3 Å². The first-order valence-electron chi connectivity index (χ1n) is 6.75. The Balaban J connectivity index is 1.85. The molecule has 1 aromatic carbocycles. The van der Waals surface area contributed by atoms with Crippen molar-refractivity contribution in [2.24, 2.45) is 7.05 Å². The second-order valence-electron chi connectivity index (χ2n) is 4.93. The van der Waals surface area contributed by atoms with Gasteiger partial charge in [0.2, 0.25) is 5.91 Å². The predicted molar refractivity (Wildman–Crippen MR) is 82.3 cm³/mol. The number of rotatable bonds is 5. The Morgan fingerprint density at radius 1 is 1.43 bits per heavy atom. The number of benzene rings is 1. The molecule has 1 aromatic heterocycles. The van der Waals surface area contributed by atoms with Gasteiger partial charge in [-0.3, -0.25) is 9.48 Å². The number of aromatic nitrogens is 2. The van der Waals surface area contributed by atoms with Crippen molar-refractivity contribution in [2.75, 3.05) is 17.7 Å². The summed E-state index contributed by atoms with van der Waals surface area (Å²) in [5, 5.41) is 6.90. The lowest BCUT2D eigenvalue weighted by Crippen LogP contribution is -2.18. The van der Waals surface area contributed by atoms with E-state index < -0.39 is 0 Å². The molecular formula is C15H20N4O2. The van der Waals surface area contributed by atoms with Crippen LogP contribution < -0.4 is 15.8 Å². The number of amides is 1. The highest BCUT2D eigenvalue weighted by Gasteiger charge is 2.12. The second-order valence-corrected chi connectivity index (χ2v) is 4.93. The van der Waals surface area contributed by atoms with Gasteiger partial charge in [0.25, 0.3) is 0 Å². The van der Waals surface area contributed by atoms with Crippen LogP contribution in [0.2, 0.25) is 0 Å². The van der Waals surface area contributed by atoms with Gasteiger partial charge in [0.1, 0.15) is 5.75 Å². The van der Waals surface area contributed by atoms with Gasteiger partial charge in [-0.2, -0.15) is 5.10 Å². The van der Waals surface area contributed by atoms with Crippen LogP contribution in [0.25, 0.3) is 0 Å². The number of nitrogen functional groups attached to an aromatic ring is 1. The first-order chi connectivity index (χ1) is 9.97. The third kappa shape index (κ3) is 3.75. The number of anilines is 2. The Morgan fingerprint density at radius 2 is 2.19 bits per heavy atom. The van der Waals surface area contributed by atoms with Gasteiger partial charge in [0.15, 0.2) is 5.82 Å². The van der Waals surface area contributed by atoms with Gasteiger partial charge in [-0.05, 0) is 31.5 Å². The lowest BCUT2D eigenvalue weighted by molar-refractivity contribution is -0.116. The molecule has 1 heterocycles. The van der Waals surface area contributed by atoms with Crippen molar-refractivity contribution in [1.29, 1.82) is 0 Å². The largest absolute Gasteiger partial charge is 0.493 e. The molecule has 0 spiro atoms. The molecule has 0 aliphatic heterocycles. The number of nitrogens with two attached hydrogens (primary N) is 1. The smallest absolute Gasteiger partial charge is 0.229 e. The summed E-state index contributed by atoms with van der Waals surface area (Å²) in [6.45, 7) is 4.10. The number of hydrogen-bond donors (Lipinski definition) is 2. The maximum Gasteiger partial charge on any atom is 0.229 e. The van der Waals surface area contributed by atoms with Crippen molar-refractivity contribution >= 4 is 17.4 Å². The highest BCUT2D eigenvalue weighted by molar-refractivity contribution is 5.93. The summed E-state index contributed by atoms with van der Waals surface area (Å²) >= 11 is 0. The van der Waals surface area contributed by atoms with Crippen LogP contribution in [-0.4, -0.2) is 22.3 Å². The Labute approximate surface area is 123 Å². The van der Waals surface area contributed by atoms with E-state index in [2.05, 4.69) is 10.4 Å². The first kappa shape index (κ1) is 14.9. The lowest BCUT2D eigenvalue weighted by atomic mass is 10.2. The average Bonchev–Trinajstić information content (AvgIpc) is 2.65. The molecule has 2 rings (SSSR count). The van der Waals surface area contributed by atoms with Crippen molar-refractivity contribution in [3.63, 3.8) is 0 Å². The quantitative estimate of drug-likeness (QED) is 0.882. The molecule has 6 heteroatoms. The number of carbonyl (C=O) groups excluding carboxylic acids is 1. The molecule has 21 heavy (non-hydrogen) atoms. The Morgan fingerprint density at radius 3 is 2.81 bits per heavy atom. The summed E-state index contributed by atoms with van der Waals surface area (Å²) < 4.78 is 7.11. The zero-order valence-corrected chi connectivity index (χ0v) is 12.5. The molecule has 0 saturated carbocycles. The molecule has 0 saturated heterocycles. The predicted octanol–water partition coefficient (Wildman–Crippen LogP) is 2.03. The van der Waals surface area contributed by atoms with Gasteiger partial charge in [-0.15, -0.1) is 0 Å². The summed E-state index contributed by atoms with van der Waals surface area (Å²) in [4.78, 5) is 11.9. The van der Waals surface area contributed by atoms with Crippen LogP contribution in [0.4, 0.5) is 11.5 Å². The summed E-state index contributed by atoms with van der Waals surface area (Å²) in [6.07, 6.45) is 0.248. The van der Waals surface area contributed by atoms with Crippen LogP contribution in [0.5, 0.6) is 5.75 Å². The molecule has 2 aromatic rings. The number of nitrogens with one attached hydrogen (secondary N) is 1. The molecule has 0 fully saturated rings. The summed E-state index contributed by atoms with van der Waals surface area (Å²) in [5.74, 6) is 1.13. The van der Waals surface area contributed by atoms with E-state index in [9.17, 15) is 4.79 Å². The van der Waals surface area contributed by atoms with Crippen molar-refractivity contribution in [2.45, 2.75) is 20.3 Å². The molecule has 0 aliphatic rings.